The van der Waals surface area contributed by atoms with Crippen LogP contribution in [0.3, 0.4) is 0 Å². The molecule has 3 aromatic heterocycles. The van der Waals surface area contributed by atoms with E-state index in [0.717, 1.165) is 11.5 Å². The summed E-state index contributed by atoms with van der Waals surface area (Å²) >= 11 is 0. The van der Waals surface area contributed by atoms with E-state index in [9.17, 15) is 0 Å². The Morgan fingerprint density at radius 3 is 2.83 bits per heavy atom. The molecule has 0 aliphatic rings. The average molecular weight is 245 g/mol. The summed E-state index contributed by atoms with van der Waals surface area (Å²) in [5.74, 6) is 0.976. The summed E-state index contributed by atoms with van der Waals surface area (Å²) in [4.78, 5) is 8.62. The summed E-state index contributed by atoms with van der Waals surface area (Å²) in [7, 11) is 1.81. The van der Waals surface area contributed by atoms with E-state index in [2.05, 4.69) is 30.2 Å². The minimum Gasteiger partial charge on any atom is -0.379 e. The van der Waals surface area contributed by atoms with Gasteiger partial charge in [0.05, 0.1) is 12.4 Å². The van der Waals surface area contributed by atoms with E-state index in [1.54, 1.807) is 13.2 Å². The molecule has 3 N–H and O–H groups in total. The van der Waals surface area contributed by atoms with Crippen LogP contribution in [0.2, 0.25) is 0 Å². The van der Waals surface area contributed by atoms with Crippen molar-refractivity contribution in [3.63, 3.8) is 0 Å². The average Bonchev–Trinajstić information content (AvgIpc) is 2.93. The monoisotopic (exact) mass is 245 g/mol. The lowest BCUT2D eigenvalue weighted by Crippen LogP contribution is -1.96. The van der Waals surface area contributed by atoms with Crippen molar-refractivity contribution in [1.82, 2.24) is 24.7 Å². The third-order valence-electron chi connectivity index (χ3n) is 2.74. The molecule has 0 radical (unpaired) electrons. The maximum absolute atomic E-state index is 5.67. The molecule has 3 aromatic rings. The van der Waals surface area contributed by atoms with Gasteiger partial charge in [-0.2, -0.15) is 0 Å². The van der Waals surface area contributed by atoms with E-state index < -0.39 is 0 Å². The Balaban J connectivity index is 2.26. The van der Waals surface area contributed by atoms with Crippen molar-refractivity contribution in [1.29, 1.82) is 0 Å². The van der Waals surface area contributed by atoms with Crippen molar-refractivity contribution in [2.24, 2.45) is 0 Å². The smallest absolute Gasteiger partial charge is 0.198 e. The number of nitrogen functional groups attached to an aromatic ring is 1. The van der Waals surface area contributed by atoms with Gasteiger partial charge in [-0.05, 0) is 17.2 Å². The molecule has 0 spiro atoms. The van der Waals surface area contributed by atoms with Crippen molar-refractivity contribution in [3.8, 4) is 11.4 Å². The molecule has 8 nitrogen and oxygen atoms in total. The van der Waals surface area contributed by atoms with Crippen LogP contribution in [0.5, 0.6) is 0 Å². The number of imidazole rings is 1. The Morgan fingerprint density at radius 2 is 2.17 bits per heavy atom. The second-order valence-electron chi connectivity index (χ2n) is 3.79. The minimum absolute atomic E-state index is 0.225. The number of anilines is 2. The van der Waals surface area contributed by atoms with Crippen molar-refractivity contribution >= 4 is 17.3 Å². The van der Waals surface area contributed by atoms with Crippen LogP contribution in [0.4, 0.5) is 11.6 Å². The fourth-order valence-electron chi connectivity index (χ4n) is 1.79. The van der Waals surface area contributed by atoms with Crippen LogP contribution < -0.4 is 11.1 Å². The Labute approximate surface area is 102 Å². The highest BCUT2D eigenvalue weighted by atomic mass is 16.6. The van der Waals surface area contributed by atoms with Crippen LogP contribution in [0.25, 0.3) is 17.0 Å². The molecule has 0 saturated heterocycles. The van der Waals surface area contributed by atoms with E-state index in [0.29, 0.717) is 17.0 Å². The molecule has 8 heteroatoms. The number of nitrogens with one attached hydrogen (secondary N) is 1. The van der Waals surface area contributed by atoms with Crippen LogP contribution in [0.1, 0.15) is 5.69 Å². The standard InChI is InChI=1S/C10H11N7O/c1-5-8(9-10(11)16-18-15-9)14-7-3-13-6(12-2)4-17(5)7/h3-4,12H,1-2H3,(H2,11,16). The van der Waals surface area contributed by atoms with Crippen molar-refractivity contribution in [2.75, 3.05) is 18.1 Å². The first-order chi connectivity index (χ1) is 8.70. The quantitative estimate of drug-likeness (QED) is 0.684. The van der Waals surface area contributed by atoms with Gasteiger partial charge in [0.25, 0.3) is 0 Å². The molecule has 18 heavy (non-hydrogen) atoms. The third-order valence-corrected chi connectivity index (χ3v) is 2.74. The number of rotatable bonds is 2. The van der Waals surface area contributed by atoms with Gasteiger partial charge in [-0.3, -0.25) is 4.40 Å². The summed E-state index contributed by atoms with van der Waals surface area (Å²) in [5, 5.41) is 10.3. The zero-order valence-corrected chi connectivity index (χ0v) is 9.88. The van der Waals surface area contributed by atoms with E-state index in [4.69, 9.17) is 5.73 Å². The van der Waals surface area contributed by atoms with Crippen molar-refractivity contribution in [3.05, 3.63) is 18.1 Å². The molecule has 92 valence electrons. The van der Waals surface area contributed by atoms with Crippen LogP contribution in [-0.4, -0.2) is 31.7 Å². The molecule has 0 aromatic carbocycles. The van der Waals surface area contributed by atoms with Gasteiger partial charge >= 0.3 is 0 Å². The van der Waals surface area contributed by atoms with E-state index >= 15 is 0 Å². The van der Waals surface area contributed by atoms with Crippen LogP contribution in [-0.2, 0) is 0 Å². The predicted molar refractivity (Wildman–Crippen MR) is 65.0 cm³/mol. The molecule has 0 aliphatic carbocycles. The number of aryl methyl sites for hydroxylation is 1. The van der Waals surface area contributed by atoms with Gasteiger partial charge in [0.2, 0.25) is 0 Å². The van der Waals surface area contributed by atoms with Crippen LogP contribution in [0.15, 0.2) is 17.0 Å². The molecule has 0 unspecified atom stereocenters. The lowest BCUT2D eigenvalue weighted by Gasteiger charge is -2.00. The molecule has 0 fully saturated rings. The highest BCUT2D eigenvalue weighted by Crippen LogP contribution is 2.25. The minimum atomic E-state index is 0.225. The van der Waals surface area contributed by atoms with E-state index in [-0.39, 0.29) is 5.82 Å². The highest BCUT2D eigenvalue weighted by Gasteiger charge is 2.17. The fraction of sp³-hybridized carbons (Fsp3) is 0.200. The van der Waals surface area contributed by atoms with Gasteiger partial charge in [0, 0.05) is 12.7 Å². The summed E-state index contributed by atoms with van der Waals surface area (Å²) in [6.45, 7) is 1.92. The number of hydrogen-bond acceptors (Lipinski definition) is 7. The number of nitrogens with two attached hydrogens (primary N) is 1. The van der Waals surface area contributed by atoms with Crippen LogP contribution in [0, 0.1) is 6.92 Å². The zero-order chi connectivity index (χ0) is 12.7. The maximum Gasteiger partial charge on any atom is 0.198 e. The summed E-state index contributed by atoms with van der Waals surface area (Å²) < 4.78 is 6.50. The molecule has 0 atom stereocenters. The number of fused-ring (bicyclic) bond motifs is 1. The Kier molecular flexibility index (Phi) is 2.15. The lowest BCUT2D eigenvalue weighted by molar-refractivity contribution is 0.310. The molecule has 0 saturated carbocycles. The zero-order valence-electron chi connectivity index (χ0n) is 9.88. The van der Waals surface area contributed by atoms with E-state index in [1.165, 1.54) is 0 Å². The topological polar surface area (TPSA) is 107 Å². The van der Waals surface area contributed by atoms with Crippen LogP contribution >= 0.6 is 0 Å². The SMILES string of the molecule is CNc1cn2c(C)c(-c3nonc3N)nc2cn1. The molecule has 0 amide bonds. The van der Waals surface area contributed by atoms with Gasteiger partial charge < -0.3 is 11.1 Å². The van der Waals surface area contributed by atoms with Gasteiger partial charge in [-0.1, -0.05) is 0 Å². The molecule has 0 aliphatic heterocycles. The Morgan fingerprint density at radius 1 is 1.33 bits per heavy atom. The normalized spacial score (nSPS) is 11.0. The van der Waals surface area contributed by atoms with Crippen molar-refractivity contribution in [2.45, 2.75) is 6.92 Å². The second kappa shape index (κ2) is 3.69. The van der Waals surface area contributed by atoms with Gasteiger partial charge in [0.15, 0.2) is 17.2 Å². The summed E-state index contributed by atoms with van der Waals surface area (Å²) in [5.41, 5.74) is 8.37. The number of hydrogen-bond donors (Lipinski definition) is 2. The predicted octanol–water partition coefficient (Wildman–Crippen LogP) is 0.712. The van der Waals surface area contributed by atoms with Gasteiger partial charge in [0.1, 0.15) is 11.5 Å². The fourth-order valence-corrected chi connectivity index (χ4v) is 1.79. The van der Waals surface area contributed by atoms with Crippen molar-refractivity contribution < 1.29 is 4.63 Å². The van der Waals surface area contributed by atoms with Gasteiger partial charge in [-0.15, -0.1) is 0 Å². The second-order valence-corrected chi connectivity index (χ2v) is 3.79. The lowest BCUT2D eigenvalue weighted by atomic mass is 10.2. The first kappa shape index (κ1) is 10.5. The molecular weight excluding hydrogens is 234 g/mol. The molecule has 0 bridgehead atoms. The largest absolute Gasteiger partial charge is 0.379 e. The number of nitrogens with zero attached hydrogens (tertiary/aromatic N) is 5. The molecule has 3 rings (SSSR count). The van der Waals surface area contributed by atoms with Gasteiger partial charge in [-0.25, -0.2) is 14.6 Å². The Bertz CT molecular complexity index is 714. The Hall–Kier alpha value is -2.64. The number of aromatic nitrogens is 5. The first-order valence-corrected chi connectivity index (χ1v) is 5.31. The first-order valence-electron chi connectivity index (χ1n) is 5.31. The van der Waals surface area contributed by atoms with E-state index in [1.807, 2.05) is 17.5 Å². The third kappa shape index (κ3) is 1.39. The summed E-state index contributed by atoms with van der Waals surface area (Å²) in [6, 6.07) is 0. The molecule has 3 heterocycles. The summed E-state index contributed by atoms with van der Waals surface area (Å²) in [6.07, 6.45) is 3.52. The molecular formula is C10H11N7O. The maximum atomic E-state index is 5.67. The highest BCUT2D eigenvalue weighted by molar-refractivity contribution is 5.70.